The second kappa shape index (κ2) is 6.93. The molecule has 5 atom stereocenters. The first-order valence-electron chi connectivity index (χ1n) is 6.84. The third-order valence-electron chi connectivity index (χ3n) is 3.38. The fourth-order valence-electron chi connectivity index (χ4n) is 2.25. The lowest BCUT2D eigenvalue weighted by Crippen LogP contribution is -2.65. The summed E-state index contributed by atoms with van der Waals surface area (Å²) in [5, 5.41) is 31.7. The summed E-state index contributed by atoms with van der Waals surface area (Å²) in [6, 6.07) is 5.48. The molecule has 0 radical (unpaired) electrons. The summed E-state index contributed by atoms with van der Waals surface area (Å²) < 4.78 is 11.0. The normalized spacial score (nSPS) is 31.5. The Labute approximate surface area is 127 Å². The lowest BCUT2D eigenvalue weighted by atomic mass is 9.97. The number of hydrogen-bond donors (Lipinski definition) is 5. The molecule has 8 heteroatoms. The quantitative estimate of drug-likeness (QED) is 0.431. The van der Waals surface area contributed by atoms with E-state index >= 15 is 0 Å². The molecule has 8 nitrogen and oxygen atoms in total. The summed E-state index contributed by atoms with van der Waals surface area (Å²) >= 11 is 0. The largest absolute Gasteiger partial charge is 0.463 e. The monoisotopic (exact) mass is 312 g/mol. The Kier molecular flexibility index (Phi) is 5.19. The van der Waals surface area contributed by atoms with Crippen LogP contribution in [0.25, 0.3) is 0 Å². The van der Waals surface area contributed by atoms with Gasteiger partial charge >= 0.3 is 0 Å². The van der Waals surface area contributed by atoms with Crippen molar-refractivity contribution in [2.24, 2.45) is 0 Å². The Hall–Kier alpha value is -1.87. The zero-order valence-corrected chi connectivity index (χ0v) is 12.0. The Morgan fingerprint density at radius 1 is 1.32 bits per heavy atom. The van der Waals surface area contributed by atoms with Gasteiger partial charge in [-0.05, 0) is 24.3 Å². The number of rotatable bonds is 4. The van der Waals surface area contributed by atoms with Crippen molar-refractivity contribution in [3.8, 4) is 5.75 Å². The lowest BCUT2D eigenvalue weighted by Gasteiger charge is -2.42. The van der Waals surface area contributed by atoms with Gasteiger partial charge in [0, 0.05) is 12.6 Å². The summed E-state index contributed by atoms with van der Waals surface area (Å²) in [5.41, 5.74) is 6.14. The van der Waals surface area contributed by atoms with E-state index in [0.717, 1.165) is 0 Å². The van der Waals surface area contributed by atoms with Crippen LogP contribution < -0.4 is 15.8 Å². The van der Waals surface area contributed by atoms with Gasteiger partial charge < -0.3 is 35.8 Å². The Balaban J connectivity index is 2.18. The van der Waals surface area contributed by atoms with Gasteiger partial charge in [0.15, 0.2) is 0 Å². The predicted molar refractivity (Wildman–Crippen MR) is 76.8 cm³/mol. The zero-order valence-electron chi connectivity index (χ0n) is 12.0. The van der Waals surface area contributed by atoms with Gasteiger partial charge in [0.25, 0.3) is 0 Å². The summed E-state index contributed by atoms with van der Waals surface area (Å²) in [5.74, 6) is 0.00281. The van der Waals surface area contributed by atoms with Crippen molar-refractivity contribution in [2.45, 2.75) is 37.6 Å². The van der Waals surface area contributed by atoms with Crippen molar-refractivity contribution in [1.29, 1.82) is 0 Å². The molecular weight excluding hydrogens is 292 g/mol. The van der Waals surface area contributed by atoms with E-state index in [1.807, 2.05) is 0 Å². The first-order chi connectivity index (χ1) is 10.4. The second-order valence-electron chi connectivity index (χ2n) is 5.12. The van der Waals surface area contributed by atoms with Crippen molar-refractivity contribution in [2.75, 3.05) is 12.3 Å². The molecule has 1 saturated heterocycles. The number of aliphatic hydroxyl groups excluding tert-OH is 3. The first-order valence-corrected chi connectivity index (χ1v) is 6.84. The molecule has 1 aromatic rings. The average Bonchev–Trinajstić information content (AvgIpc) is 2.48. The molecule has 1 heterocycles. The van der Waals surface area contributed by atoms with Crippen LogP contribution in [0, 0.1) is 0 Å². The van der Waals surface area contributed by atoms with Gasteiger partial charge in [0.1, 0.15) is 30.1 Å². The van der Waals surface area contributed by atoms with Crippen LogP contribution >= 0.6 is 0 Å². The number of amides is 1. The molecule has 1 amide bonds. The summed E-state index contributed by atoms with van der Waals surface area (Å²) in [7, 11) is 0. The van der Waals surface area contributed by atoms with Crippen LogP contribution in [0.3, 0.4) is 0 Å². The molecule has 22 heavy (non-hydrogen) atoms. The molecule has 122 valence electrons. The van der Waals surface area contributed by atoms with Crippen molar-refractivity contribution >= 4 is 11.6 Å². The number of nitrogen functional groups attached to an aromatic ring is 1. The van der Waals surface area contributed by atoms with E-state index in [4.69, 9.17) is 15.2 Å². The van der Waals surface area contributed by atoms with Gasteiger partial charge in [-0.1, -0.05) is 0 Å². The SMILES string of the molecule is CC(=O)NC1C(O)[C@@H](O)C(CO)O[C@H]1Oc1ccc(N)cc1. The van der Waals surface area contributed by atoms with Crippen LogP contribution in [0.2, 0.25) is 0 Å². The molecule has 0 saturated carbocycles. The zero-order chi connectivity index (χ0) is 16.3. The highest BCUT2D eigenvalue weighted by atomic mass is 16.7. The van der Waals surface area contributed by atoms with Gasteiger partial charge in [-0.15, -0.1) is 0 Å². The van der Waals surface area contributed by atoms with Gasteiger partial charge in [-0.3, -0.25) is 4.79 Å². The number of hydrogen-bond acceptors (Lipinski definition) is 7. The smallest absolute Gasteiger partial charge is 0.223 e. The number of aliphatic hydroxyl groups is 3. The highest BCUT2D eigenvalue weighted by Crippen LogP contribution is 2.24. The number of ether oxygens (including phenoxy) is 2. The summed E-state index contributed by atoms with van der Waals surface area (Å²) in [6.45, 7) is 0.782. The van der Waals surface area contributed by atoms with E-state index in [1.54, 1.807) is 24.3 Å². The third-order valence-corrected chi connectivity index (χ3v) is 3.38. The molecule has 0 bridgehead atoms. The third kappa shape index (κ3) is 3.66. The van der Waals surface area contributed by atoms with Crippen molar-refractivity contribution in [3.05, 3.63) is 24.3 Å². The Morgan fingerprint density at radius 3 is 2.50 bits per heavy atom. The first kappa shape index (κ1) is 16.5. The highest BCUT2D eigenvalue weighted by molar-refractivity contribution is 5.73. The molecule has 1 aliphatic rings. The van der Waals surface area contributed by atoms with Crippen LogP contribution in [0.15, 0.2) is 24.3 Å². The topological polar surface area (TPSA) is 134 Å². The molecule has 3 unspecified atom stereocenters. The lowest BCUT2D eigenvalue weighted by molar-refractivity contribution is -0.244. The molecule has 1 aromatic carbocycles. The molecule has 2 rings (SSSR count). The number of nitrogens with two attached hydrogens (primary N) is 1. The molecule has 1 fully saturated rings. The van der Waals surface area contributed by atoms with Crippen LogP contribution in [0.1, 0.15) is 6.92 Å². The fraction of sp³-hybridized carbons (Fsp3) is 0.500. The van der Waals surface area contributed by atoms with E-state index in [9.17, 15) is 20.1 Å². The number of carbonyl (C=O) groups excluding carboxylic acids is 1. The summed E-state index contributed by atoms with van der Waals surface area (Å²) in [6.07, 6.45) is -4.76. The molecular formula is C14H20N2O6. The molecule has 0 aliphatic carbocycles. The minimum absolute atomic E-state index is 0.409. The maximum absolute atomic E-state index is 11.3. The molecule has 1 aliphatic heterocycles. The number of anilines is 1. The van der Waals surface area contributed by atoms with Crippen LogP contribution in [-0.4, -0.2) is 58.5 Å². The van der Waals surface area contributed by atoms with Crippen molar-refractivity contribution in [1.82, 2.24) is 5.32 Å². The summed E-state index contributed by atoms with van der Waals surface area (Å²) in [4.78, 5) is 11.3. The van der Waals surface area contributed by atoms with Crippen LogP contribution in [-0.2, 0) is 9.53 Å². The highest BCUT2D eigenvalue weighted by Gasteiger charge is 2.46. The molecule has 0 aromatic heterocycles. The van der Waals surface area contributed by atoms with E-state index in [-0.39, 0.29) is 0 Å². The minimum Gasteiger partial charge on any atom is -0.463 e. The standard InChI is InChI=1S/C14H20N2O6/c1-7(18)16-11-13(20)12(19)10(6-17)22-14(11)21-9-4-2-8(15)3-5-9/h2-5,10-14,17,19-20H,6,15H2,1H3,(H,16,18)/t10?,11?,12-,13?,14+/m0/s1. The Bertz CT molecular complexity index is 509. The second-order valence-corrected chi connectivity index (χ2v) is 5.12. The molecule has 6 N–H and O–H groups in total. The minimum atomic E-state index is -1.34. The maximum atomic E-state index is 11.3. The van der Waals surface area contributed by atoms with Gasteiger partial charge in [0.2, 0.25) is 12.2 Å². The predicted octanol–water partition coefficient (Wildman–Crippen LogP) is -1.41. The van der Waals surface area contributed by atoms with Crippen LogP contribution in [0.4, 0.5) is 5.69 Å². The van der Waals surface area contributed by atoms with Crippen molar-refractivity contribution in [3.63, 3.8) is 0 Å². The van der Waals surface area contributed by atoms with Gasteiger partial charge in [0.05, 0.1) is 6.61 Å². The van der Waals surface area contributed by atoms with E-state index in [0.29, 0.717) is 11.4 Å². The Morgan fingerprint density at radius 2 is 1.95 bits per heavy atom. The maximum Gasteiger partial charge on any atom is 0.223 e. The van der Waals surface area contributed by atoms with E-state index < -0.39 is 43.2 Å². The van der Waals surface area contributed by atoms with Crippen molar-refractivity contribution < 1.29 is 29.6 Å². The van der Waals surface area contributed by atoms with Gasteiger partial charge in [-0.25, -0.2) is 0 Å². The number of carbonyl (C=O) groups is 1. The average molecular weight is 312 g/mol. The van der Waals surface area contributed by atoms with Crippen LogP contribution in [0.5, 0.6) is 5.75 Å². The number of nitrogens with one attached hydrogen (secondary N) is 1. The molecule has 0 spiro atoms. The number of benzene rings is 1. The van der Waals surface area contributed by atoms with Gasteiger partial charge in [-0.2, -0.15) is 0 Å². The fourth-order valence-corrected chi connectivity index (χ4v) is 2.25. The van der Waals surface area contributed by atoms with E-state index in [2.05, 4.69) is 5.32 Å². The van der Waals surface area contributed by atoms with E-state index in [1.165, 1.54) is 6.92 Å².